The van der Waals surface area contributed by atoms with Gasteiger partial charge < -0.3 is 4.79 Å². The van der Waals surface area contributed by atoms with E-state index in [1.54, 1.807) is 0 Å². The lowest BCUT2D eigenvalue weighted by Crippen LogP contribution is -2.27. The Kier molecular flexibility index (Phi) is 1.37. The predicted octanol–water partition coefficient (Wildman–Crippen LogP) is 0.730. The largest absolute Gasteiger partial charge is 0.303 e. The van der Waals surface area contributed by atoms with Gasteiger partial charge in [0.15, 0.2) is 0 Å². The summed E-state index contributed by atoms with van der Waals surface area (Å²) in [6.45, 7) is 0. The van der Waals surface area contributed by atoms with Gasteiger partial charge in [-0.1, -0.05) is 5.18 Å². The second-order valence-electron chi connectivity index (χ2n) is 2.13. The van der Waals surface area contributed by atoms with E-state index in [0.717, 1.165) is 6.29 Å². The van der Waals surface area contributed by atoms with E-state index in [1.807, 2.05) is 0 Å². The summed E-state index contributed by atoms with van der Waals surface area (Å²) in [5.41, 5.74) is 0. The minimum atomic E-state index is -0.0646. The van der Waals surface area contributed by atoms with E-state index in [0.29, 0.717) is 12.8 Å². The van der Waals surface area contributed by atoms with Crippen LogP contribution in [0.25, 0.3) is 0 Å². The molecule has 0 aromatic carbocycles. The molecule has 1 saturated carbocycles. The van der Waals surface area contributed by atoms with Gasteiger partial charge in [-0.05, 0) is 12.8 Å². The number of carbonyl (C=O) groups excluding carboxylic acids is 1. The molecular weight excluding hydrogens is 106 g/mol. The van der Waals surface area contributed by atoms with Crippen LogP contribution in [0.4, 0.5) is 0 Å². The number of rotatable bonds is 2. The molecular formula is C5H7NO2. The summed E-state index contributed by atoms with van der Waals surface area (Å²) in [7, 11) is 0. The molecule has 3 heteroatoms. The van der Waals surface area contributed by atoms with Crippen molar-refractivity contribution in [1.82, 2.24) is 0 Å². The van der Waals surface area contributed by atoms with Crippen LogP contribution in [0.3, 0.4) is 0 Å². The highest BCUT2D eigenvalue weighted by atomic mass is 16.3. The summed E-state index contributed by atoms with van der Waals surface area (Å²) in [5, 5.41) is 2.78. The molecule has 1 fully saturated rings. The minimum absolute atomic E-state index is 0.0646. The Bertz CT molecular complexity index is 95.0. The first-order chi connectivity index (χ1) is 3.86. The molecule has 0 aromatic heterocycles. The van der Waals surface area contributed by atoms with Crippen LogP contribution in [0.1, 0.15) is 12.8 Å². The summed E-state index contributed by atoms with van der Waals surface area (Å²) >= 11 is 0. The number of nitrogens with zero attached hydrogens (tertiary/aromatic N) is 1. The summed E-state index contributed by atoms with van der Waals surface area (Å²) in [5.74, 6) is 0.123. The Labute approximate surface area is 47.0 Å². The van der Waals surface area contributed by atoms with Crippen molar-refractivity contribution in [3.05, 3.63) is 4.91 Å². The first-order valence-electron chi connectivity index (χ1n) is 2.64. The molecule has 1 aliphatic carbocycles. The van der Waals surface area contributed by atoms with E-state index in [4.69, 9.17) is 0 Å². The fraction of sp³-hybridized carbons (Fsp3) is 0.800. The van der Waals surface area contributed by atoms with Crippen molar-refractivity contribution < 1.29 is 4.79 Å². The normalized spacial score (nSPS) is 35.5. The highest BCUT2D eigenvalue weighted by Gasteiger charge is 2.29. The van der Waals surface area contributed by atoms with Crippen LogP contribution in [-0.2, 0) is 4.79 Å². The lowest BCUT2D eigenvalue weighted by molar-refractivity contribution is -0.113. The molecule has 1 aliphatic rings. The number of hydrogen-bond donors (Lipinski definition) is 0. The quantitative estimate of drug-likeness (QED) is 0.391. The van der Waals surface area contributed by atoms with Gasteiger partial charge >= 0.3 is 0 Å². The maximum absolute atomic E-state index is 9.90. The van der Waals surface area contributed by atoms with E-state index in [1.165, 1.54) is 0 Å². The molecule has 0 aliphatic heterocycles. The van der Waals surface area contributed by atoms with Gasteiger partial charge in [-0.3, -0.25) is 0 Å². The lowest BCUT2D eigenvalue weighted by Gasteiger charge is -2.24. The third kappa shape index (κ3) is 0.757. The molecule has 0 N–H and O–H groups in total. The van der Waals surface area contributed by atoms with Crippen LogP contribution in [0.2, 0.25) is 0 Å². The van der Waals surface area contributed by atoms with Gasteiger partial charge in [-0.2, -0.15) is 4.91 Å². The molecule has 0 radical (unpaired) electrons. The van der Waals surface area contributed by atoms with Gasteiger partial charge in [-0.25, -0.2) is 0 Å². The lowest BCUT2D eigenvalue weighted by atomic mass is 9.82. The average molecular weight is 113 g/mol. The Hall–Kier alpha value is -0.730. The summed E-state index contributed by atoms with van der Waals surface area (Å²) in [4.78, 5) is 19.6. The van der Waals surface area contributed by atoms with E-state index >= 15 is 0 Å². The molecule has 0 unspecified atom stereocenters. The van der Waals surface area contributed by atoms with Crippen LogP contribution >= 0.6 is 0 Å². The molecule has 8 heavy (non-hydrogen) atoms. The van der Waals surface area contributed by atoms with Gasteiger partial charge in [0.05, 0.1) is 6.04 Å². The smallest absolute Gasteiger partial charge is 0.123 e. The molecule has 44 valence electrons. The fourth-order valence-electron chi connectivity index (χ4n) is 0.827. The number of nitroso groups, excluding NO2 is 1. The van der Waals surface area contributed by atoms with Crippen molar-refractivity contribution in [1.29, 1.82) is 0 Å². The number of aldehydes is 1. The first kappa shape index (κ1) is 5.41. The standard InChI is InChI=1S/C5H7NO2/c7-3-4-1-5(2-4)6-8/h3-5H,1-2H2. The maximum atomic E-state index is 9.90. The molecule has 1 rings (SSSR count). The van der Waals surface area contributed by atoms with Crippen LogP contribution < -0.4 is 0 Å². The summed E-state index contributed by atoms with van der Waals surface area (Å²) < 4.78 is 0. The maximum Gasteiger partial charge on any atom is 0.123 e. The number of hydrogen-bond acceptors (Lipinski definition) is 3. The molecule has 0 heterocycles. The SMILES string of the molecule is O=CC1CC(N=O)C1. The van der Waals surface area contributed by atoms with Gasteiger partial charge in [0.1, 0.15) is 6.29 Å². The molecule has 3 nitrogen and oxygen atoms in total. The number of carbonyl (C=O) groups is 1. The highest BCUT2D eigenvalue weighted by Crippen LogP contribution is 2.27. The topological polar surface area (TPSA) is 46.5 Å². The Morgan fingerprint density at radius 2 is 2.12 bits per heavy atom. The Balaban J connectivity index is 2.20. The van der Waals surface area contributed by atoms with Crippen molar-refractivity contribution >= 4 is 6.29 Å². The van der Waals surface area contributed by atoms with E-state index < -0.39 is 0 Å². The highest BCUT2D eigenvalue weighted by molar-refractivity contribution is 5.55. The minimum Gasteiger partial charge on any atom is -0.303 e. The monoisotopic (exact) mass is 113 g/mol. The van der Waals surface area contributed by atoms with Crippen molar-refractivity contribution in [3.63, 3.8) is 0 Å². The molecule has 0 saturated heterocycles. The fourth-order valence-corrected chi connectivity index (χ4v) is 0.827. The Morgan fingerprint density at radius 1 is 1.50 bits per heavy atom. The molecule has 0 amide bonds. The first-order valence-corrected chi connectivity index (χ1v) is 2.64. The van der Waals surface area contributed by atoms with Crippen molar-refractivity contribution in [2.24, 2.45) is 11.1 Å². The van der Waals surface area contributed by atoms with E-state index in [2.05, 4.69) is 5.18 Å². The Morgan fingerprint density at radius 3 is 2.50 bits per heavy atom. The van der Waals surface area contributed by atoms with Crippen LogP contribution in [0.15, 0.2) is 5.18 Å². The zero-order valence-electron chi connectivity index (χ0n) is 4.41. The van der Waals surface area contributed by atoms with E-state index in [-0.39, 0.29) is 12.0 Å². The predicted molar refractivity (Wildman–Crippen MR) is 28.4 cm³/mol. The second-order valence-corrected chi connectivity index (χ2v) is 2.13. The van der Waals surface area contributed by atoms with Crippen LogP contribution in [0, 0.1) is 10.8 Å². The van der Waals surface area contributed by atoms with Crippen molar-refractivity contribution in [2.45, 2.75) is 18.9 Å². The van der Waals surface area contributed by atoms with Crippen molar-refractivity contribution in [3.8, 4) is 0 Å². The van der Waals surface area contributed by atoms with E-state index in [9.17, 15) is 9.70 Å². The molecule has 0 spiro atoms. The van der Waals surface area contributed by atoms with Crippen LogP contribution in [0.5, 0.6) is 0 Å². The van der Waals surface area contributed by atoms with Crippen LogP contribution in [-0.4, -0.2) is 12.3 Å². The molecule has 0 bridgehead atoms. The summed E-state index contributed by atoms with van der Waals surface area (Å²) in [6, 6.07) is -0.0646. The van der Waals surface area contributed by atoms with Gasteiger partial charge in [0.2, 0.25) is 0 Å². The zero-order chi connectivity index (χ0) is 5.98. The second kappa shape index (κ2) is 2.03. The average Bonchev–Trinajstić information content (AvgIpc) is 1.65. The summed E-state index contributed by atoms with van der Waals surface area (Å²) in [6.07, 6.45) is 2.24. The van der Waals surface area contributed by atoms with Crippen molar-refractivity contribution in [2.75, 3.05) is 0 Å². The van der Waals surface area contributed by atoms with Gasteiger partial charge in [-0.15, -0.1) is 0 Å². The third-order valence-corrected chi connectivity index (χ3v) is 1.49. The third-order valence-electron chi connectivity index (χ3n) is 1.49. The van der Waals surface area contributed by atoms with Gasteiger partial charge in [0.25, 0.3) is 0 Å². The molecule has 0 atom stereocenters. The zero-order valence-corrected chi connectivity index (χ0v) is 4.41. The van der Waals surface area contributed by atoms with Gasteiger partial charge in [0, 0.05) is 5.92 Å². The molecule has 0 aromatic rings.